The van der Waals surface area contributed by atoms with Crippen LogP contribution < -0.4 is 10.6 Å². The van der Waals surface area contributed by atoms with Crippen LogP contribution in [0.25, 0.3) is 0 Å². The number of hydrogen-bond donors (Lipinski definition) is 3. The van der Waals surface area contributed by atoms with E-state index in [4.69, 9.17) is 0 Å². The number of carbonyl (C=O) groups excluding carboxylic acids is 1. The molecule has 3 N–H and O–H groups in total. The Morgan fingerprint density at radius 2 is 2.27 bits per heavy atom. The second-order valence-corrected chi connectivity index (χ2v) is 6.96. The number of aromatic amines is 1. The molecule has 116 valence electrons. The summed E-state index contributed by atoms with van der Waals surface area (Å²) in [5, 5.41) is 14.5. The van der Waals surface area contributed by atoms with Crippen molar-refractivity contribution >= 4 is 17.2 Å². The molecule has 1 aliphatic heterocycles. The molecule has 0 fully saturated rings. The van der Waals surface area contributed by atoms with Crippen molar-refractivity contribution in [2.45, 2.75) is 38.6 Å². The van der Waals surface area contributed by atoms with Gasteiger partial charge in [0.15, 0.2) is 5.69 Å². The van der Waals surface area contributed by atoms with Crippen LogP contribution in [0, 0.1) is 0 Å². The van der Waals surface area contributed by atoms with Gasteiger partial charge in [0.2, 0.25) is 0 Å². The normalized spacial score (nSPS) is 16.4. The fourth-order valence-corrected chi connectivity index (χ4v) is 4.31. The monoisotopic (exact) mass is 317 g/mol. The van der Waals surface area contributed by atoms with Crippen molar-refractivity contribution in [3.8, 4) is 0 Å². The molecular weight excluding hydrogens is 298 g/mol. The lowest BCUT2D eigenvalue weighted by atomic mass is 10.1. The second kappa shape index (κ2) is 5.81. The number of fused-ring (bicyclic) bond motifs is 2. The zero-order valence-electron chi connectivity index (χ0n) is 12.4. The van der Waals surface area contributed by atoms with Crippen LogP contribution in [0.4, 0.5) is 0 Å². The zero-order valence-corrected chi connectivity index (χ0v) is 13.2. The first-order valence-electron chi connectivity index (χ1n) is 7.84. The van der Waals surface area contributed by atoms with Gasteiger partial charge in [-0.1, -0.05) is 0 Å². The van der Waals surface area contributed by atoms with Crippen molar-refractivity contribution in [1.29, 1.82) is 0 Å². The largest absolute Gasteiger partial charge is 0.350 e. The molecule has 0 aromatic carbocycles. The van der Waals surface area contributed by atoms with Gasteiger partial charge in [-0.15, -0.1) is 11.3 Å². The van der Waals surface area contributed by atoms with Crippen molar-refractivity contribution in [3.05, 3.63) is 32.5 Å². The fourth-order valence-electron chi connectivity index (χ4n) is 3.15. The molecule has 4 rings (SSSR count). The lowest BCUT2D eigenvalue weighted by Gasteiger charge is -2.12. The van der Waals surface area contributed by atoms with E-state index in [0.717, 1.165) is 48.6 Å². The summed E-state index contributed by atoms with van der Waals surface area (Å²) >= 11 is 1.80. The van der Waals surface area contributed by atoms with E-state index >= 15 is 0 Å². The molecule has 0 saturated heterocycles. The quantitative estimate of drug-likeness (QED) is 0.785. The first-order chi connectivity index (χ1) is 10.8. The Kier molecular flexibility index (Phi) is 3.67. The predicted octanol–water partition coefficient (Wildman–Crippen LogP) is 0.973. The maximum Gasteiger partial charge on any atom is 0.272 e. The van der Waals surface area contributed by atoms with Crippen molar-refractivity contribution in [3.63, 3.8) is 0 Å². The van der Waals surface area contributed by atoms with Crippen LogP contribution in [0.2, 0.25) is 0 Å². The summed E-state index contributed by atoms with van der Waals surface area (Å²) in [6, 6.07) is 0. The van der Waals surface area contributed by atoms with E-state index < -0.39 is 0 Å². The molecule has 0 atom stereocenters. The summed E-state index contributed by atoms with van der Waals surface area (Å²) in [6.07, 6.45) is 5.19. The minimum atomic E-state index is -0.0801. The van der Waals surface area contributed by atoms with E-state index in [-0.39, 0.29) is 5.91 Å². The molecule has 0 bridgehead atoms. The molecule has 1 amide bonds. The Labute approximate surface area is 132 Å². The lowest BCUT2D eigenvalue weighted by molar-refractivity contribution is 0.0948. The van der Waals surface area contributed by atoms with E-state index in [2.05, 4.69) is 25.8 Å². The molecule has 7 heteroatoms. The molecule has 0 spiro atoms. The van der Waals surface area contributed by atoms with Crippen LogP contribution >= 0.6 is 11.3 Å². The average molecular weight is 317 g/mol. The summed E-state index contributed by atoms with van der Waals surface area (Å²) in [7, 11) is 0. The zero-order chi connectivity index (χ0) is 14.9. The summed E-state index contributed by atoms with van der Waals surface area (Å²) in [5.74, 6) is -0.0801. The molecule has 0 radical (unpaired) electrons. The number of nitrogens with one attached hydrogen (secondary N) is 3. The number of carbonyl (C=O) groups is 1. The molecule has 2 aromatic heterocycles. The summed E-state index contributed by atoms with van der Waals surface area (Å²) < 4.78 is 0. The third-order valence-corrected chi connectivity index (χ3v) is 5.50. The van der Waals surface area contributed by atoms with Gasteiger partial charge in [0.25, 0.3) is 5.91 Å². The Bertz CT molecular complexity index is 683. The summed E-state index contributed by atoms with van der Waals surface area (Å²) in [6.45, 7) is 2.28. The number of aryl methyl sites for hydroxylation is 2. The number of aromatic nitrogens is 3. The van der Waals surface area contributed by atoms with Crippen molar-refractivity contribution < 1.29 is 4.79 Å². The van der Waals surface area contributed by atoms with Gasteiger partial charge >= 0.3 is 0 Å². The van der Waals surface area contributed by atoms with E-state index in [0.29, 0.717) is 12.2 Å². The third-order valence-electron chi connectivity index (χ3n) is 4.29. The molecule has 0 unspecified atom stereocenters. The van der Waals surface area contributed by atoms with E-state index in [1.54, 1.807) is 11.3 Å². The maximum atomic E-state index is 12.3. The van der Waals surface area contributed by atoms with Crippen molar-refractivity contribution in [2.75, 3.05) is 13.1 Å². The van der Waals surface area contributed by atoms with Gasteiger partial charge in [0.1, 0.15) is 0 Å². The number of thiazole rings is 1. The number of rotatable bonds is 4. The fraction of sp³-hybridized carbons (Fsp3) is 0.533. The number of nitrogens with zero attached hydrogens (tertiary/aromatic N) is 2. The van der Waals surface area contributed by atoms with Crippen LogP contribution in [0.5, 0.6) is 0 Å². The highest BCUT2D eigenvalue weighted by molar-refractivity contribution is 7.11. The molecule has 2 aliphatic rings. The minimum absolute atomic E-state index is 0.0801. The molecule has 6 nitrogen and oxygen atoms in total. The molecule has 1 aliphatic carbocycles. The average Bonchev–Trinajstić information content (AvgIpc) is 3.20. The van der Waals surface area contributed by atoms with Crippen LogP contribution in [0.3, 0.4) is 0 Å². The van der Waals surface area contributed by atoms with E-state index in [1.165, 1.54) is 23.4 Å². The number of H-pyrrole nitrogens is 1. The van der Waals surface area contributed by atoms with Crippen LogP contribution in [0.15, 0.2) is 0 Å². The molecular formula is C15H19N5OS. The Balaban J connectivity index is 1.35. The maximum absolute atomic E-state index is 12.3. The third kappa shape index (κ3) is 2.55. The van der Waals surface area contributed by atoms with Gasteiger partial charge in [-0.05, 0) is 32.2 Å². The second-order valence-electron chi connectivity index (χ2n) is 5.79. The molecule has 22 heavy (non-hydrogen) atoms. The highest BCUT2D eigenvalue weighted by atomic mass is 32.1. The van der Waals surface area contributed by atoms with Gasteiger partial charge in [-0.25, -0.2) is 4.98 Å². The van der Waals surface area contributed by atoms with E-state index in [1.807, 2.05) is 0 Å². The van der Waals surface area contributed by atoms with Gasteiger partial charge in [-0.2, -0.15) is 5.10 Å². The van der Waals surface area contributed by atoms with Crippen molar-refractivity contribution in [2.24, 2.45) is 0 Å². The van der Waals surface area contributed by atoms with Gasteiger partial charge < -0.3 is 10.6 Å². The molecule has 3 heterocycles. The highest BCUT2D eigenvalue weighted by Crippen LogP contribution is 2.27. The SMILES string of the molecule is O=C(NCCc1nc2c(s1)CCC2)c1n[nH]c2c1CCNC2. The topological polar surface area (TPSA) is 82.7 Å². The standard InChI is InChI=1S/C15H19N5OS/c21-15(14-9-4-6-16-8-11(9)19-20-14)17-7-5-13-18-10-2-1-3-12(10)22-13/h16H,1-8H2,(H,17,21)(H,19,20). The van der Waals surface area contributed by atoms with Crippen molar-refractivity contribution in [1.82, 2.24) is 25.8 Å². The molecule has 0 saturated carbocycles. The minimum Gasteiger partial charge on any atom is -0.350 e. The Morgan fingerprint density at radius 3 is 3.18 bits per heavy atom. The highest BCUT2D eigenvalue weighted by Gasteiger charge is 2.21. The number of hydrogen-bond acceptors (Lipinski definition) is 5. The summed E-state index contributed by atoms with van der Waals surface area (Å²) in [4.78, 5) is 18.4. The van der Waals surface area contributed by atoms with Gasteiger partial charge in [0, 0.05) is 30.0 Å². The smallest absolute Gasteiger partial charge is 0.272 e. The van der Waals surface area contributed by atoms with Gasteiger partial charge in [0.05, 0.1) is 16.4 Å². The Morgan fingerprint density at radius 1 is 1.32 bits per heavy atom. The van der Waals surface area contributed by atoms with Crippen LogP contribution in [-0.2, 0) is 32.2 Å². The predicted molar refractivity (Wildman–Crippen MR) is 84.2 cm³/mol. The lowest BCUT2D eigenvalue weighted by Crippen LogP contribution is -2.29. The van der Waals surface area contributed by atoms with Gasteiger partial charge in [-0.3, -0.25) is 9.89 Å². The number of amides is 1. The van der Waals surface area contributed by atoms with Crippen LogP contribution in [-0.4, -0.2) is 34.2 Å². The van der Waals surface area contributed by atoms with Crippen LogP contribution in [0.1, 0.15) is 43.7 Å². The summed E-state index contributed by atoms with van der Waals surface area (Å²) in [5.41, 5.74) is 3.93. The first-order valence-corrected chi connectivity index (χ1v) is 8.65. The Hall–Kier alpha value is -1.73. The van der Waals surface area contributed by atoms with E-state index in [9.17, 15) is 4.79 Å². The molecule has 2 aromatic rings. The first kappa shape index (κ1) is 13.9.